The third-order valence-corrected chi connectivity index (χ3v) is 6.31. The fraction of sp³-hybridized carbons (Fsp3) is 0.316. The Kier molecular flexibility index (Phi) is 4.92. The molecule has 0 unspecified atom stereocenters. The van der Waals surface area contributed by atoms with Gasteiger partial charge in [-0.3, -0.25) is 4.79 Å². The van der Waals surface area contributed by atoms with Gasteiger partial charge in [-0.25, -0.2) is 8.42 Å². The SMILES string of the molecule is CCC(=O)Nc1ccc2c(c1)CN(S(=O)(=O)c1ccc(C)cc1)CC2. The highest BCUT2D eigenvalue weighted by atomic mass is 32.2. The number of anilines is 1. The number of carbonyl (C=O) groups excluding carboxylic acids is 1. The van der Waals surface area contributed by atoms with E-state index in [9.17, 15) is 13.2 Å². The summed E-state index contributed by atoms with van der Waals surface area (Å²) < 4.78 is 27.3. The summed E-state index contributed by atoms with van der Waals surface area (Å²) in [5.41, 5.74) is 3.81. The number of nitrogens with one attached hydrogen (secondary N) is 1. The van der Waals surface area contributed by atoms with E-state index in [0.717, 1.165) is 16.7 Å². The van der Waals surface area contributed by atoms with Crippen LogP contribution < -0.4 is 5.32 Å². The molecule has 1 N–H and O–H groups in total. The summed E-state index contributed by atoms with van der Waals surface area (Å²) in [5.74, 6) is -0.0557. The minimum absolute atomic E-state index is 0.0557. The summed E-state index contributed by atoms with van der Waals surface area (Å²) in [6.45, 7) is 4.51. The Morgan fingerprint density at radius 3 is 2.52 bits per heavy atom. The molecule has 5 nitrogen and oxygen atoms in total. The number of nitrogens with zero attached hydrogens (tertiary/aromatic N) is 1. The largest absolute Gasteiger partial charge is 0.326 e. The van der Waals surface area contributed by atoms with E-state index in [1.807, 2.05) is 37.3 Å². The molecule has 1 aliphatic heterocycles. The van der Waals surface area contributed by atoms with Crippen LogP contribution in [0.3, 0.4) is 0 Å². The second-order valence-electron chi connectivity index (χ2n) is 6.29. The van der Waals surface area contributed by atoms with Crippen LogP contribution in [-0.2, 0) is 27.8 Å². The van der Waals surface area contributed by atoms with E-state index in [-0.39, 0.29) is 5.91 Å². The van der Waals surface area contributed by atoms with Gasteiger partial charge in [0.05, 0.1) is 4.90 Å². The lowest BCUT2D eigenvalue weighted by Gasteiger charge is -2.28. The highest BCUT2D eigenvalue weighted by molar-refractivity contribution is 7.89. The van der Waals surface area contributed by atoms with E-state index in [1.165, 1.54) is 4.31 Å². The molecule has 0 aromatic heterocycles. The normalized spacial score (nSPS) is 14.8. The fourth-order valence-corrected chi connectivity index (χ4v) is 4.34. The van der Waals surface area contributed by atoms with E-state index >= 15 is 0 Å². The van der Waals surface area contributed by atoms with Gasteiger partial charge in [-0.2, -0.15) is 4.31 Å². The van der Waals surface area contributed by atoms with E-state index in [0.29, 0.717) is 36.5 Å². The van der Waals surface area contributed by atoms with Crippen molar-refractivity contribution in [3.63, 3.8) is 0 Å². The standard InChI is InChI=1S/C19H22N2O3S/c1-3-19(22)20-17-7-6-15-10-11-21(13-16(15)12-17)25(23,24)18-8-4-14(2)5-9-18/h4-9,12H,3,10-11,13H2,1-2H3,(H,20,22). The minimum Gasteiger partial charge on any atom is -0.326 e. The summed E-state index contributed by atoms with van der Waals surface area (Å²) in [6, 6.07) is 12.6. The molecule has 3 rings (SSSR count). The molecule has 0 spiro atoms. The van der Waals surface area contributed by atoms with E-state index in [4.69, 9.17) is 0 Å². The van der Waals surface area contributed by atoms with Gasteiger partial charge in [0.15, 0.2) is 0 Å². The highest BCUT2D eigenvalue weighted by Crippen LogP contribution is 2.27. The fourth-order valence-electron chi connectivity index (χ4n) is 2.92. The first-order valence-electron chi connectivity index (χ1n) is 8.38. The average Bonchev–Trinajstić information content (AvgIpc) is 2.61. The van der Waals surface area contributed by atoms with Crippen LogP contribution in [0.15, 0.2) is 47.4 Å². The molecular formula is C19H22N2O3S. The van der Waals surface area contributed by atoms with Crippen molar-refractivity contribution in [3.05, 3.63) is 59.2 Å². The molecule has 0 saturated heterocycles. The van der Waals surface area contributed by atoms with Gasteiger partial charge in [0.1, 0.15) is 0 Å². The number of fused-ring (bicyclic) bond motifs is 1. The van der Waals surface area contributed by atoms with E-state index < -0.39 is 10.0 Å². The molecule has 132 valence electrons. The molecule has 0 fully saturated rings. The molecule has 2 aromatic carbocycles. The Morgan fingerprint density at radius 2 is 1.84 bits per heavy atom. The number of sulfonamides is 1. The van der Waals surface area contributed by atoms with Gasteiger partial charge < -0.3 is 5.32 Å². The second kappa shape index (κ2) is 6.98. The number of rotatable bonds is 4. The topological polar surface area (TPSA) is 66.5 Å². The van der Waals surface area contributed by atoms with Crippen molar-refractivity contribution in [2.24, 2.45) is 0 Å². The third-order valence-electron chi connectivity index (χ3n) is 4.45. The van der Waals surface area contributed by atoms with Crippen molar-refractivity contribution < 1.29 is 13.2 Å². The molecule has 25 heavy (non-hydrogen) atoms. The van der Waals surface area contributed by atoms with Crippen LogP contribution in [0.25, 0.3) is 0 Å². The number of amides is 1. The highest BCUT2D eigenvalue weighted by Gasteiger charge is 2.28. The van der Waals surface area contributed by atoms with Crippen LogP contribution in [-0.4, -0.2) is 25.2 Å². The van der Waals surface area contributed by atoms with Crippen molar-refractivity contribution in [2.45, 2.75) is 38.1 Å². The van der Waals surface area contributed by atoms with Crippen LogP contribution in [0.2, 0.25) is 0 Å². The minimum atomic E-state index is -3.52. The number of benzene rings is 2. The Labute approximate surface area is 148 Å². The number of hydrogen-bond donors (Lipinski definition) is 1. The maximum absolute atomic E-state index is 12.9. The molecule has 0 saturated carbocycles. The molecule has 0 bridgehead atoms. The van der Waals surface area contributed by atoms with Gasteiger partial charge in [0.25, 0.3) is 0 Å². The number of aryl methyl sites for hydroxylation is 1. The average molecular weight is 358 g/mol. The Bertz CT molecular complexity index is 889. The molecule has 1 heterocycles. The zero-order valence-corrected chi connectivity index (χ0v) is 15.3. The summed E-state index contributed by atoms with van der Waals surface area (Å²) >= 11 is 0. The molecule has 6 heteroatoms. The first-order valence-corrected chi connectivity index (χ1v) is 9.82. The lowest BCUT2D eigenvalue weighted by atomic mass is 10.0. The Balaban J connectivity index is 1.85. The summed E-state index contributed by atoms with van der Waals surface area (Å²) in [5, 5.41) is 2.83. The van der Waals surface area contributed by atoms with Crippen LogP contribution in [0.5, 0.6) is 0 Å². The monoisotopic (exact) mass is 358 g/mol. The maximum atomic E-state index is 12.9. The van der Waals surface area contributed by atoms with Gasteiger partial charge >= 0.3 is 0 Å². The summed E-state index contributed by atoms with van der Waals surface area (Å²) in [6.07, 6.45) is 1.08. The van der Waals surface area contributed by atoms with Crippen molar-refractivity contribution in [1.82, 2.24) is 4.31 Å². The van der Waals surface area contributed by atoms with E-state index in [1.54, 1.807) is 19.1 Å². The van der Waals surface area contributed by atoms with Crippen LogP contribution in [0.1, 0.15) is 30.0 Å². The zero-order chi connectivity index (χ0) is 18.0. The third kappa shape index (κ3) is 3.75. The van der Waals surface area contributed by atoms with Crippen molar-refractivity contribution in [2.75, 3.05) is 11.9 Å². The maximum Gasteiger partial charge on any atom is 0.243 e. The quantitative estimate of drug-likeness (QED) is 0.913. The molecule has 0 atom stereocenters. The number of hydrogen-bond acceptors (Lipinski definition) is 3. The molecule has 2 aromatic rings. The van der Waals surface area contributed by atoms with Crippen molar-refractivity contribution >= 4 is 21.6 Å². The van der Waals surface area contributed by atoms with Crippen LogP contribution in [0, 0.1) is 6.92 Å². The zero-order valence-electron chi connectivity index (χ0n) is 14.5. The smallest absolute Gasteiger partial charge is 0.243 e. The summed E-state index contributed by atoms with van der Waals surface area (Å²) in [7, 11) is -3.52. The molecule has 0 radical (unpaired) electrons. The molecule has 0 aliphatic carbocycles. The van der Waals surface area contributed by atoms with Gasteiger partial charge in [0.2, 0.25) is 15.9 Å². The molecular weight excluding hydrogens is 336 g/mol. The predicted octanol–water partition coefficient (Wildman–Crippen LogP) is 3.09. The van der Waals surface area contributed by atoms with Crippen LogP contribution in [0.4, 0.5) is 5.69 Å². The molecule has 1 aliphatic rings. The van der Waals surface area contributed by atoms with Gasteiger partial charge in [-0.05, 0) is 48.7 Å². The summed E-state index contributed by atoms with van der Waals surface area (Å²) in [4.78, 5) is 11.9. The van der Waals surface area contributed by atoms with Gasteiger partial charge in [-0.1, -0.05) is 30.7 Å². The lowest BCUT2D eigenvalue weighted by Crippen LogP contribution is -2.36. The van der Waals surface area contributed by atoms with Crippen molar-refractivity contribution in [1.29, 1.82) is 0 Å². The first kappa shape index (κ1) is 17.6. The Hall–Kier alpha value is -2.18. The van der Waals surface area contributed by atoms with Crippen molar-refractivity contribution in [3.8, 4) is 0 Å². The predicted molar refractivity (Wildman–Crippen MR) is 97.8 cm³/mol. The van der Waals surface area contributed by atoms with E-state index in [2.05, 4.69) is 5.32 Å². The van der Waals surface area contributed by atoms with Crippen LogP contribution >= 0.6 is 0 Å². The Morgan fingerprint density at radius 1 is 1.12 bits per heavy atom. The lowest BCUT2D eigenvalue weighted by molar-refractivity contribution is -0.115. The van der Waals surface area contributed by atoms with Gasteiger partial charge in [-0.15, -0.1) is 0 Å². The first-order chi connectivity index (χ1) is 11.9. The molecule has 1 amide bonds. The second-order valence-corrected chi connectivity index (χ2v) is 8.22. The number of carbonyl (C=O) groups is 1. The van der Waals surface area contributed by atoms with Gasteiger partial charge in [0, 0.05) is 25.2 Å².